The fourth-order valence-corrected chi connectivity index (χ4v) is 2.63. The largest absolute Gasteiger partial charge is 0.463 e. The molecule has 0 saturated heterocycles. The minimum atomic E-state index is -3.94. The van der Waals surface area contributed by atoms with E-state index < -0.39 is 21.3 Å². The molecule has 0 aromatic heterocycles. The summed E-state index contributed by atoms with van der Waals surface area (Å²) in [5, 5.41) is 0. The van der Waals surface area contributed by atoms with Gasteiger partial charge in [-0.3, -0.25) is 0 Å². The van der Waals surface area contributed by atoms with Crippen LogP contribution >= 0.6 is 10.7 Å². The summed E-state index contributed by atoms with van der Waals surface area (Å²) < 4.78 is 37.6. The summed E-state index contributed by atoms with van der Waals surface area (Å²) >= 11 is 0. The molecule has 6 nitrogen and oxygen atoms in total. The molecule has 0 radical (unpaired) electrons. The third-order valence-corrected chi connectivity index (χ3v) is 3.75. The lowest BCUT2D eigenvalue weighted by atomic mass is 10.2. The van der Waals surface area contributed by atoms with Crippen LogP contribution in [0.15, 0.2) is 41.2 Å². The molecule has 1 aliphatic rings. The molecule has 0 aliphatic carbocycles. The van der Waals surface area contributed by atoms with Gasteiger partial charge in [0.2, 0.25) is 5.76 Å². The van der Waals surface area contributed by atoms with Crippen molar-refractivity contribution >= 4 is 25.7 Å². The van der Waals surface area contributed by atoms with Crippen LogP contribution in [0.25, 0.3) is 0 Å². The molecule has 0 fully saturated rings. The lowest BCUT2D eigenvalue weighted by molar-refractivity contribution is -0.142. The first-order valence-electron chi connectivity index (χ1n) is 5.07. The van der Waals surface area contributed by atoms with Crippen molar-refractivity contribution in [2.75, 3.05) is 7.11 Å². The first-order chi connectivity index (χ1) is 8.93. The molecular formula is C11H9ClO6S. The fourth-order valence-electron chi connectivity index (χ4n) is 1.53. The molecule has 1 aliphatic heterocycles. The van der Waals surface area contributed by atoms with E-state index in [1.807, 2.05) is 0 Å². The fraction of sp³-hybridized carbons (Fsp3) is 0.182. The Bertz CT molecular complexity index is 636. The van der Waals surface area contributed by atoms with E-state index in [4.69, 9.17) is 20.2 Å². The molecule has 0 saturated carbocycles. The number of hydrogen-bond acceptors (Lipinski definition) is 6. The summed E-state index contributed by atoms with van der Waals surface area (Å²) in [5.74, 6) is -0.858. The average molecular weight is 305 g/mol. The highest BCUT2D eigenvalue weighted by Crippen LogP contribution is 2.33. The summed E-state index contributed by atoms with van der Waals surface area (Å²) in [4.78, 5) is 11.1. The molecule has 0 bridgehead atoms. The zero-order valence-corrected chi connectivity index (χ0v) is 11.3. The Balaban J connectivity index is 2.30. The molecule has 19 heavy (non-hydrogen) atoms. The highest BCUT2D eigenvalue weighted by molar-refractivity contribution is 8.13. The Kier molecular flexibility index (Phi) is 3.68. The van der Waals surface area contributed by atoms with Crippen LogP contribution in [0.1, 0.15) is 11.9 Å². The number of methoxy groups -OCH3 is 1. The summed E-state index contributed by atoms with van der Waals surface area (Å²) in [5.41, 5.74) is 0.202. The van der Waals surface area contributed by atoms with Crippen molar-refractivity contribution in [2.45, 2.75) is 11.2 Å². The molecule has 0 amide bonds. The normalized spacial score (nSPS) is 18.2. The first-order valence-corrected chi connectivity index (χ1v) is 7.38. The minimum absolute atomic E-state index is 0.138. The number of hydrogen-bond donors (Lipinski definition) is 0. The molecule has 1 atom stereocenters. The number of carbonyl (C=O) groups is 1. The topological polar surface area (TPSA) is 78.9 Å². The molecule has 0 spiro atoms. The standard InChI is InChI=1S/C11H9ClO6S/c1-16-10(13)8-6-17-11(18-8)7-4-2-3-5-9(7)19(12,14)15/h2-6,11H,1H3. The Hall–Kier alpha value is -1.73. The highest BCUT2D eigenvalue weighted by atomic mass is 35.7. The van der Waals surface area contributed by atoms with E-state index in [2.05, 4.69) is 4.74 Å². The third kappa shape index (κ3) is 2.82. The average Bonchev–Trinajstić information content (AvgIpc) is 2.86. The van der Waals surface area contributed by atoms with E-state index in [1.165, 1.54) is 25.3 Å². The smallest absolute Gasteiger partial charge is 0.376 e. The van der Waals surface area contributed by atoms with Crippen molar-refractivity contribution in [3.05, 3.63) is 41.9 Å². The summed E-state index contributed by atoms with van der Waals surface area (Å²) in [6.45, 7) is 0. The van der Waals surface area contributed by atoms with Crippen molar-refractivity contribution in [1.29, 1.82) is 0 Å². The number of ether oxygens (including phenoxy) is 3. The van der Waals surface area contributed by atoms with Crippen LogP contribution in [-0.4, -0.2) is 21.5 Å². The van der Waals surface area contributed by atoms with Crippen molar-refractivity contribution in [3.63, 3.8) is 0 Å². The van der Waals surface area contributed by atoms with Gasteiger partial charge in [-0.15, -0.1) is 0 Å². The van der Waals surface area contributed by atoms with Crippen molar-refractivity contribution < 1.29 is 27.4 Å². The van der Waals surface area contributed by atoms with Gasteiger partial charge in [-0.05, 0) is 6.07 Å². The van der Waals surface area contributed by atoms with E-state index in [0.29, 0.717) is 0 Å². The second-order valence-electron chi connectivity index (χ2n) is 3.54. The summed E-state index contributed by atoms with van der Waals surface area (Å²) in [7, 11) is 2.57. The maximum atomic E-state index is 11.4. The molecule has 1 aromatic carbocycles. The van der Waals surface area contributed by atoms with Gasteiger partial charge in [0.05, 0.1) is 17.6 Å². The van der Waals surface area contributed by atoms with Gasteiger partial charge < -0.3 is 14.2 Å². The Morgan fingerprint density at radius 3 is 2.68 bits per heavy atom. The molecular weight excluding hydrogens is 296 g/mol. The molecule has 1 unspecified atom stereocenters. The van der Waals surface area contributed by atoms with Gasteiger partial charge in [0.15, 0.2) is 0 Å². The highest BCUT2D eigenvalue weighted by Gasteiger charge is 2.30. The quantitative estimate of drug-likeness (QED) is 0.624. The van der Waals surface area contributed by atoms with Crippen LogP contribution in [0.4, 0.5) is 0 Å². The van der Waals surface area contributed by atoms with Gasteiger partial charge in [0.1, 0.15) is 6.26 Å². The second kappa shape index (κ2) is 5.10. The molecule has 2 rings (SSSR count). The predicted molar refractivity (Wildman–Crippen MR) is 64.5 cm³/mol. The zero-order valence-electron chi connectivity index (χ0n) is 9.70. The van der Waals surface area contributed by atoms with Crippen molar-refractivity contribution in [3.8, 4) is 0 Å². The van der Waals surface area contributed by atoms with Gasteiger partial charge in [0.25, 0.3) is 15.3 Å². The number of esters is 1. The Labute approximate surface area is 113 Å². The number of benzene rings is 1. The Morgan fingerprint density at radius 2 is 2.05 bits per heavy atom. The molecule has 0 N–H and O–H groups in total. The van der Waals surface area contributed by atoms with Crippen LogP contribution in [0.3, 0.4) is 0 Å². The predicted octanol–water partition coefficient (Wildman–Crippen LogP) is 1.67. The molecule has 1 heterocycles. The lowest BCUT2D eigenvalue weighted by Gasteiger charge is -2.14. The first kappa shape index (κ1) is 13.7. The monoisotopic (exact) mass is 304 g/mol. The molecule has 8 heteroatoms. The number of halogens is 1. The van der Waals surface area contributed by atoms with Crippen molar-refractivity contribution in [1.82, 2.24) is 0 Å². The maximum Gasteiger partial charge on any atom is 0.376 e. The van der Waals surface area contributed by atoms with Gasteiger partial charge in [0, 0.05) is 10.7 Å². The van der Waals surface area contributed by atoms with E-state index in [0.717, 1.165) is 6.26 Å². The van der Waals surface area contributed by atoms with E-state index in [1.54, 1.807) is 6.07 Å². The van der Waals surface area contributed by atoms with Crippen molar-refractivity contribution in [2.24, 2.45) is 0 Å². The number of rotatable bonds is 3. The van der Waals surface area contributed by atoms with Crippen LogP contribution in [-0.2, 0) is 28.1 Å². The lowest BCUT2D eigenvalue weighted by Crippen LogP contribution is -2.09. The van der Waals surface area contributed by atoms with Gasteiger partial charge >= 0.3 is 5.97 Å². The van der Waals surface area contributed by atoms with E-state index >= 15 is 0 Å². The van der Waals surface area contributed by atoms with Crippen LogP contribution < -0.4 is 0 Å². The summed E-state index contributed by atoms with van der Waals surface area (Å²) in [6, 6.07) is 5.92. The SMILES string of the molecule is COC(=O)C1=COC(c2ccccc2S(=O)(=O)Cl)O1. The van der Waals surface area contributed by atoms with Gasteiger partial charge in [-0.2, -0.15) is 0 Å². The van der Waals surface area contributed by atoms with E-state index in [9.17, 15) is 13.2 Å². The Morgan fingerprint density at radius 1 is 1.37 bits per heavy atom. The van der Waals surface area contributed by atoms with Crippen LogP contribution in [0, 0.1) is 0 Å². The molecule has 102 valence electrons. The minimum Gasteiger partial charge on any atom is -0.463 e. The van der Waals surface area contributed by atoms with Crippen LogP contribution in [0.5, 0.6) is 0 Å². The number of carbonyl (C=O) groups excluding carboxylic acids is 1. The van der Waals surface area contributed by atoms with Gasteiger partial charge in [-0.1, -0.05) is 18.2 Å². The third-order valence-electron chi connectivity index (χ3n) is 2.35. The zero-order chi connectivity index (χ0) is 14.0. The second-order valence-corrected chi connectivity index (χ2v) is 6.07. The summed E-state index contributed by atoms with van der Waals surface area (Å²) in [6.07, 6.45) is 0.00698. The van der Waals surface area contributed by atoms with E-state index in [-0.39, 0.29) is 16.2 Å². The molecule has 1 aromatic rings. The maximum absolute atomic E-state index is 11.4. The van der Waals surface area contributed by atoms with Gasteiger partial charge in [-0.25, -0.2) is 13.2 Å². The van der Waals surface area contributed by atoms with Crippen LogP contribution in [0.2, 0.25) is 0 Å².